The minimum absolute atomic E-state index is 0.0421. The first-order valence-electron chi connectivity index (χ1n) is 5.17. The Hall–Kier alpha value is -1.78. The maximum Gasteiger partial charge on any atom is 0.275 e. The van der Waals surface area contributed by atoms with Gasteiger partial charge in [-0.05, 0) is 12.3 Å². The maximum atomic E-state index is 10.6. The summed E-state index contributed by atoms with van der Waals surface area (Å²) in [6.45, 7) is 4.72. The van der Waals surface area contributed by atoms with Gasteiger partial charge in [-0.3, -0.25) is 10.1 Å². The zero-order valence-corrected chi connectivity index (χ0v) is 9.47. The molecule has 1 aromatic carbocycles. The van der Waals surface area contributed by atoms with Crippen LogP contribution in [0, 0.1) is 16.0 Å². The van der Waals surface area contributed by atoms with E-state index in [1.807, 2.05) is 0 Å². The zero-order valence-electron chi connectivity index (χ0n) is 9.47. The second-order valence-electron chi connectivity index (χ2n) is 4.05. The van der Waals surface area contributed by atoms with E-state index >= 15 is 0 Å². The van der Waals surface area contributed by atoms with E-state index in [1.54, 1.807) is 6.07 Å². The monoisotopic (exact) mass is 224 g/mol. The Bertz CT molecular complexity index is 377. The van der Waals surface area contributed by atoms with E-state index in [4.69, 9.17) is 10.5 Å². The van der Waals surface area contributed by atoms with Gasteiger partial charge in [0.25, 0.3) is 5.69 Å². The van der Waals surface area contributed by atoms with Crippen LogP contribution in [0.5, 0.6) is 5.75 Å². The van der Waals surface area contributed by atoms with Crippen LogP contribution in [0.15, 0.2) is 18.2 Å². The number of nitro groups is 1. The van der Waals surface area contributed by atoms with Crippen molar-refractivity contribution in [3.05, 3.63) is 28.3 Å². The summed E-state index contributed by atoms with van der Waals surface area (Å²) in [4.78, 5) is 10.1. The fourth-order valence-electron chi connectivity index (χ4n) is 1.21. The third-order valence-corrected chi connectivity index (χ3v) is 2.09. The molecule has 0 heterocycles. The number of ether oxygens (including phenoxy) is 1. The van der Waals surface area contributed by atoms with Gasteiger partial charge < -0.3 is 10.5 Å². The van der Waals surface area contributed by atoms with Crippen LogP contribution in [0.3, 0.4) is 0 Å². The summed E-state index contributed by atoms with van der Waals surface area (Å²) >= 11 is 0. The molecule has 0 spiro atoms. The van der Waals surface area contributed by atoms with E-state index in [-0.39, 0.29) is 5.69 Å². The van der Waals surface area contributed by atoms with Crippen molar-refractivity contribution in [1.29, 1.82) is 0 Å². The Morgan fingerprint density at radius 2 is 2.12 bits per heavy atom. The van der Waals surface area contributed by atoms with Gasteiger partial charge in [-0.25, -0.2) is 0 Å². The summed E-state index contributed by atoms with van der Waals surface area (Å²) in [6.07, 6.45) is 0.905. The summed E-state index contributed by atoms with van der Waals surface area (Å²) in [6, 6.07) is 4.29. The third kappa shape index (κ3) is 3.76. The number of anilines is 1. The Morgan fingerprint density at radius 3 is 2.69 bits per heavy atom. The predicted octanol–water partition coefficient (Wildman–Crippen LogP) is 2.60. The number of non-ortho nitro benzene ring substituents is 1. The van der Waals surface area contributed by atoms with Crippen molar-refractivity contribution in [2.75, 3.05) is 12.3 Å². The smallest absolute Gasteiger partial charge is 0.275 e. The predicted molar refractivity (Wildman–Crippen MR) is 62.5 cm³/mol. The molecule has 0 aliphatic carbocycles. The Labute approximate surface area is 94.4 Å². The highest BCUT2D eigenvalue weighted by atomic mass is 16.6. The number of nitrogens with zero attached hydrogens (tertiary/aromatic N) is 1. The Balaban J connectivity index is 2.69. The Kier molecular flexibility index (Phi) is 4.10. The van der Waals surface area contributed by atoms with Crippen LogP contribution in [0.25, 0.3) is 0 Å². The lowest BCUT2D eigenvalue weighted by atomic mass is 10.1. The molecule has 5 nitrogen and oxygen atoms in total. The zero-order chi connectivity index (χ0) is 12.1. The van der Waals surface area contributed by atoms with E-state index in [2.05, 4.69) is 13.8 Å². The van der Waals surface area contributed by atoms with Crippen LogP contribution < -0.4 is 10.5 Å². The van der Waals surface area contributed by atoms with E-state index < -0.39 is 4.92 Å². The molecule has 2 N–H and O–H groups in total. The molecule has 0 aliphatic heterocycles. The number of nitro benzene ring substituents is 1. The highest BCUT2D eigenvalue weighted by Gasteiger charge is 2.09. The highest BCUT2D eigenvalue weighted by Crippen LogP contribution is 2.24. The third-order valence-electron chi connectivity index (χ3n) is 2.09. The highest BCUT2D eigenvalue weighted by molar-refractivity contribution is 5.53. The van der Waals surface area contributed by atoms with Crippen molar-refractivity contribution >= 4 is 11.4 Å². The first-order valence-corrected chi connectivity index (χ1v) is 5.17. The molecule has 0 amide bonds. The lowest BCUT2D eigenvalue weighted by molar-refractivity contribution is -0.384. The fraction of sp³-hybridized carbons (Fsp3) is 0.455. The van der Waals surface area contributed by atoms with Crippen LogP contribution in [0.4, 0.5) is 11.4 Å². The summed E-state index contributed by atoms with van der Waals surface area (Å²) in [7, 11) is 0. The number of nitrogens with two attached hydrogens (primary N) is 1. The Morgan fingerprint density at radius 1 is 1.44 bits per heavy atom. The largest absolute Gasteiger partial charge is 0.493 e. The average Bonchev–Trinajstić information content (AvgIpc) is 2.16. The van der Waals surface area contributed by atoms with Crippen molar-refractivity contribution in [3.63, 3.8) is 0 Å². The van der Waals surface area contributed by atoms with Crippen molar-refractivity contribution < 1.29 is 9.66 Å². The fourth-order valence-corrected chi connectivity index (χ4v) is 1.21. The number of hydrogen-bond acceptors (Lipinski definition) is 4. The molecular formula is C11H16N2O3. The lowest BCUT2D eigenvalue weighted by Crippen LogP contribution is -2.02. The molecule has 5 heteroatoms. The summed E-state index contributed by atoms with van der Waals surface area (Å²) < 4.78 is 5.40. The average molecular weight is 224 g/mol. The normalized spacial score (nSPS) is 10.4. The SMILES string of the molecule is CC(C)CCOc1cc(N)cc([N+](=O)[O-])c1. The van der Waals surface area contributed by atoms with Gasteiger partial charge in [0, 0.05) is 17.8 Å². The van der Waals surface area contributed by atoms with Crippen LogP contribution in [0.1, 0.15) is 20.3 Å². The van der Waals surface area contributed by atoms with Gasteiger partial charge in [0.2, 0.25) is 0 Å². The van der Waals surface area contributed by atoms with Gasteiger partial charge in [0.15, 0.2) is 0 Å². The molecule has 0 unspecified atom stereocenters. The van der Waals surface area contributed by atoms with E-state index in [0.717, 1.165) is 6.42 Å². The van der Waals surface area contributed by atoms with Gasteiger partial charge in [-0.1, -0.05) is 13.8 Å². The first-order chi connectivity index (χ1) is 7.49. The van der Waals surface area contributed by atoms with Crippen molar-refractivity contribution in [2.24, 2.45) is 5.92 Å². The first kappa shape index (κ1) is 12.3. The molecule has 0 saturated carbocycles. The molecule has 0 fully saturated rings. The summed E-state index contributed by atoms with van der Waals surface area (Å²) in [5.74, 6) is 0.989. The van der Waals surface area contributed by atoms with Crippen molar-refractivity contribution in [3.8, 4) is 5.75 Å². The molecule has 0 saturated heterocycles. The van der Waals surface area contributed by atoms with Crippen LogP contribution >= 0.6 is 0 Å². The van der Waals surface area contributed by atoms with Crippen molar-refractivity contribution in [2.45, 2.75) is 20.3 Å². The molecule has 88 valence electrons. The molecule has 0 radical (unpaired) electrons. The molecule has 1 aromatic rings. The molecule has 0 bridgehead atoms. The maximum absolute atomic E-state index is 10.6. The lowest BCUT2D eigenvalue weighted by Gasteiger charge is -2.08. The number of nitrogen functional groups attached to an aromatic ring is 1. The molecule has 1 rings (SSSR count). The van der Waals surface area contributed by atoms with Crippen LogP contribution in [-0.2, 0) is 0 Å². The molecule has 0 aliphatic rings. The number of rotatable bonds is 5. The molecule has 16 heavy (non-hydrogen) atoms. The molecular weight excluding hydrogens is 208 g/mol. The number of hydrogen-bond donors (Lipinski definition) is 1. The van der Waals surface area contributed by atoms with Gasteiger partial charge in [-0.2, -0.15) is 0 Å². The van der Waals surface area contributed by atoms with Gasteiger partial charge in [0.05, 0.1) is 17.6 Å². The van der Waals surface area contributed by atoms with Gasteiger partial charge in [0.1, 0.15) is 5.75 Å². The van der Waals surface area contributed by atoms with E-state index in [0.29, 0.717) is 24.0 Å². The van der Waals surface area contributed by atoms with Crippen molar-refractivity contribution in [1.82, 2.24) is 0 Å². The second-order valence-corrected chi connectivity index (χ2v) is 4.05. The minimum atomic E-state index is -0.480. The standard InChI is InChI=1S/C11H16N2O3/c1-8(2)3-4-16-11-6-9(12)5-10(7-11)13(14)15/h5-8H,3-4,12H2,1-2H3. The summed E-state index contributed by atoms with van der Waals surface area (Å²) in [5.41, 5.74) is 5.84. The molecule has 0 atom stereocenters. The second kappa shape index (κ2) is 5.34. The number of benzene rings is 1. The van der Waals surface area contributed by atoms with Crippen LogP contribution in [0.2, 0.25) is 0 Å². The van der Waals surface area contributed by atoms with E-state index in [9.17, 15) is 10.1 Å². The van der Waals surface area contributed by atoms with Gasteiger partial charge in [-0.15, -0.1) is 0 Å². The van der Waals surface area contributed by atoms with Crippen LogP contribution in [-0.4, -0.2) is 11.5 Å². The minimum Gasteiger partial charge on any atom is -0.493 e. The quantitative estimate of drug-likeness (QED) is 0.473. The van der Waals surface area contributed by atoms with E-state index in [1.165, 1.54) is 12.1 Å². The topological polar surface area (TPSA) is 78.4 Å². The molecule has 0 aromatic heterocycles. The van der Waals surface area contributed by atoms with Gasteiger partial charge >= 0.3 is 0 Å². The summed E-state index contributed by atoms with van der Waals surface area (Å²) in [5, 5.41) is 10.6.